The summed E-state index contributed by atoms with van der Waals surface area (Å²) < 4.78 is 7.46. The van der Waals surface area contributed by atoms with Gasteiger partial charge in [0.25, 0.3) is 0 Å². The molecule has 2 aromatic carbocycles. The maximum atomic E-state index is 11.5. The number of nitrogens with zero attached hydrogens (tertiary/aromatic N) is 4. The molecule has 3 rings (SSSR count). The van der Waals surface area contributed by atoms with E-state index < -0.39 is 0 Å². The first kappa shape index (κ1) is 19.3. The minimum Gasteiger partial charge on any atom is -0.465 e. The van der Waals surface area contributed by atoms with Crippen molar-refractivity contribution in [3.63, 3.8) is 0 Å². The van der Waals surface area contributed by atoms with Crippen molar-refractivity contribution in [2.75, 3.05) is 7.11 Å². The van der Waals surface area contributed by atoms with E-state index in [-0.39, 0.29) is 5.97 Å². The van der Waals surface area contributed by atoms with E-state index in [1.54, 1.807) is 34.8 Å². The molecule has 1 heterocycles. The molecular formula is C19H17BrN4O2S. The fourth-order valence-corrected chi connectivity index (χ4v) is 3.39. The quantitative estimate of drug-likeness (QED) is 0.321. The van der Waals surface area contributed by atoms with Crippen LogP contribution in [-0.4, -0.2) is 34.2 Å². The lowest BCUT2D eigenvalue weighted by Crippen LogP contribution is -2.01. The highest BCUT2D eigenvalue weighted by atomic mass is 79.9. The Labute approximate surface area is 169 Å². The van der Waals surface area contributed by atoms with Gasteiger partial charge < -0.3 is 4.74 Å². The van der Waals surface area contributed by atoms with Gasteiger partial charge >= 0.3 is 5.97 Å². The summed E-state index contributed by atoms with van der Waals surface area (Å²) in [4.78, 5) is 11.5. The predicted octanol–water partition coefficient (Wildman–Crippen LogP) is 4.31. The predicted molar refractivity (Wildman–Crippen MR) is 109 cm³/mol. The number of hydrogen-bond acceptors (Lipinski definition) is 6. The van der Waals surface area contributed by atoms with Crippen molar-refractivity contribution in [3.8, 4) is 0 Å². The lowest BCUT2D eigenvalue weighted by molar-refractivity contribution is 0.0600. The van der Waals surface area contributed by atoms with Crippen molar-refractivity contribution < 1.29 is 9.53 Å². The first-order chi connectivity index (χ1) is 13.1. The second kappa shape index (κ2) is 8.96. The number of benzene rings is 2. The zero-order valence-corrected chi connectivity index (χ0v) is 17.2. The Morgan fingerprint density at radius 1 is 1.19 bits per heavy atom. The maximum absolute atomic E-state index is 11.5. The number of carbonyl (C=O) groups is 1. The summed E-state index contributed by atoms with van der Waals surface area (Å²) in [7, 11) is 1.36. The molecule has 0 bridgehead atoms. The molecular weight excluding hydrogens is 428 g/mol. The molecule has 0 radical (unpaired) electrons. The van der Waals surface area contributed by atoms with E-state index in [0.29, 0.717) is 11.4 Å². The van der Waals surface area contributed by atoms with E-state index in [0.717, 1.165) is 20.9 Å². The van der Waals surface area contributed by atoms with E-state index >= 15 is 0 Å². The smallest absolute Gasteiger partial charge is 0.337 e. The van der Waals surface area contributed by atoms with E-state index in [2.05, 4.69) is 43.4 Å². The molecule has 0 aliphatic rings. The third-order valence-electron chi connectivity index (χ3n) is 3.70. The molecule has 0 saturated carbocycles. The molecule has 27 heavy (non-hydrogen) atoms. The molecule has 0 aliphatic heterocycles. The Bertz CT molecular complexity index is 953. The molecule has 8 heteroatoms. The average Bonchev–Trinajstić information content (AvgIpc) is 3.05. The number of methoxy groups -OCH3 is 1. The van der Waals surface area contributed by atoms with Gasteiger partial charge in [-0.05, 0) is 42.3 Å². The number of hydrogen-bond donors (Lipinski definition) is 0. The number of halogens is 1. The highest BCUT2D eigenvalue weighted by Gasteiger charge is 2.09. The maximum Gasteiger partial charge on any atom is 0.337 e. The van der Waals surface area contributed by atoms with E-state index in [9.17, 15) is 4.79 Å². The lowest BCUT2D eigenvalue weighted by atomic mass is 10.1. The Hall–Kier alpha value is -2.45. The van der Waals surface area contributed by atoms with Crippen LogP contribution in [0.25, 0.3) is 0 Å². The molecule has 0 unspecified atom stereocenters. The third kappa shape index (κ3) is 5.05. The first-order valence-corrected chi connectivity index (χ1v) is 9.86. The van der Waals surface area contributed by atoms with Crippen LogP contribution in [0.15, 0.2) is 63.3 Å². The van der Waals surface area contributed by atoms with Gasteiger partial charge in [0.15, 0.2) is 5.82 Å². The van der Waals surface area contributed by atoms with Gasteiger partial charge in [-0.1, -0.05) is 52.0 Å². The summed E-state index contributed by atoms with van der Waals surface area (Å²) in [6.07, 6.45) is 1.71. The highest BCUT2D eigenvalue weighted by Crippen LogP contribution is 2.22. The van der Waals surface area contributed by atoms with Gasteiger partial charge in [-0.2, -0.15) is 9.78 Å². The summed E-state index contributed by atoms with van der Waals surface area (Å²) >= 11 is 5.01. The number of carbonyl (C=O) groups excluding carboxylic acids is 1. The van der Waals surface area contributed by atoms with Gasteiger partial charge in [-0.15, -0.1) is 10.2 Å². The molecule has 1 aromatic heterocycles. The van der Waals surface area contributed by atoms with Crippen molar-refractivity contribution in [2.45, 2.75) is 17.8 Å². The van der Waals surface area contributed by atoms with Gasteiger partial charge in [-0.25, -0.2) is 4.79 Å². The minimum atomic E-state index is -0.361. The topological polar surface area (TPSA) is 69.4 Å². The monoisotopic (exact) mass is 444 g/mol. The summed E-state index contributed by atoms with van der Waals surface area (Å²) in [6.45, 7) is 1.86. The molecule has 0 amide bonds. The zero-order valence-electron chi connectivity index (χ0n) is 14.8. The molecule has 0 atom stereocenters. The molecule has 0 aliphatic carbocycles. The van der Waals surface area contributed by atoms with Crippen LogP contribution in [-0.2, 0) is 10.5 Å². The first-order valence-electron chi connectivity index (χ1n) is 8.09. The molecule has 0 N–H and O–H groups in total. The van der Waals surface area contributed by atoms with Crippen LogP contribution in [0.3, 0.4) is 0 Å². The number of aromatic nitrogens is 3. The fraction of sp³-hybridized carbons (Fsp3) is 0.158. The van der Waals surface area contributed by atoms with Gasteiger partial charge in [-0.3, -0.25) is 0 Å². The van der Waals surface area contributed by atoms with Gasteiger partial charge in [0.1, 0.15) is 0 Å². The van der Waals surface area contributed by atoms with Crippen molar-refractivity contribution in [1.82, 2.24) is 14.9 Å². The van der Waals surface area contributed by atoms with Gasteiger partial charge in [0.2, 0.25) is 5.16 Å². The van der Waals surface area contributed by atoms with Crippen LogP contribution in [0.2, 0.25) is 0 Å². The van der Waals surface area contributed by atoms with Crippen LogP contribution in [0.4, 0.5) is 0 Å². The minimum absolute atomic E-state index is 0.361. The van der Waals surface area contributed by atoms with E-state index in [1.807, 2.05) is 31.2 Å². The number of rotatable bonds is 6. The number of aryl methyl sites for hydroxylation is 1. The SMILES string of the molecule is COC(=O)c1ccc(/C=N/n2c(C)nnc2SCc2ccc(Br)cc2)cc1. The van der Waals surface area contributed by atoms with Crippen LogP contribution < -0.4 is 0 Å². The fourth-order valence-electron chi connectivity index (χ4n) is 2.24. The number of ether oxygens (including phenoxy) is 1. The van der Waals surface area contributed by atoms with E-state index in [1.165, 1.54) is 12.7 Å². The van der Waals surface area contributed by atoms with Crippen molar-refractivity contribution in [2.24, 2.45) is 5.10 Å². The van der Waals surface area contributed by atoms with Gasteiger partial charge in [0, 0.05) is 10.2 Å². The Morgan fingerprint density at radius 2 is 1.89 bits per heavy atom. The molecule has 0 saturated heterocycles. The molecule has 138 valence electrons. The second-order valence-corrected chi connectivity index (χ2v) is 7.47. The van der Waals surface area contributed by atoms with Crippen LogP contribution in [0, 0.1) is 6.92 Å². The standard InChI is InChI=1S/C19H17BrN4O2S/c1-13-22-23-19(27-12-15-5-9-17(20)10-6-15)24(13)21-11-14-3-7-16(8-4-14)18(25)26-2/h3-11H,12H2,1-2H3/b21-11+. The van der Waals surface area contributed by atoms with E-state index in [4.69, 9.17) is 4.74 Å². The Balaban J connectivity index is 1.71. The Morgan fingerprint density at radius 3 is 2.56 bits per heavy atom. The summed E-state index contributed by atoms with van der Waals surface area (Å²) in [5, 5.41) is 13.5. The Kier molecular flexibility index (Phi) is 6.41. The molecule has 3 aromatic rings. The van der Waals surface area contributed by atoms with Crippen LogP contribution in [0.1, 0.15) is 27.3 Å². The molecule has 0 spiro atoms. The number of esters is 1. The molecule has 0 fully saturated rings. The highest BCUT2D eigenvalue weighted by molar-refractivity contribution is 9.10. The van der Waals surface area contributed by atoms with Crippen molar-refractivity contribution >= 4 is 39.9 Å². The largest absolute Gasteiger partial charge is 0.465 e. The van der Waals surface area contributed by atoms with Crippen molar-refractivity contribution in [3.05, 3.63) is 75.5 Å². The van der Waals surface area contributed by atoms with Crippen LogP contribution in [0.5, 0.6) is 0 Å². The summed E-state index contributed by atoms with van der Waals surface area (Å²) in [6, 6.07) is 15.2. The molecule has 6 nitrogen and oxygen atoms in total. The zero-order chi connectivity index (χ0) is 19.2. The van der Waals surface area contributed by atoms with Gasteiger partial charge in [0.05, 0.1) is 18.9 Å². The second-order valence-electron chi connectivity index (χ2n) is 5.61. The van der Waals surface area contributed by atoms with Crippen LogP contribution >= 0.6 is 27.7 Å². The summed E-state index contributed by atoms with van der Waals surface area (Å²) in [5.74, 6) is 1.12. The summed E-state index contributed by atoms with van der Waals surface area (Å²) in [5.41, 5.74) is 2.55. The number of thioether (sulfide) groups is 1. The lowest BCUT2D eigenvalue weighted by Gasteiger charge is -2.03. The average molecular weight is 445 g/mol. The normalized spacial score (nSPS) is 11.1. The third-order valence-corrected chi connectivity index (χ3v) is 5.22. The van der Waals surface area contributed by atoms with Crippen molar-refractivity contribution in [1.29, 1.82) is 0 Å².